The molecular weight excluding hydrogens is 354 g/mol. The van der Waals surface area contributed by atoms with Gasteiger partial charge >= 0.3 is 0 Å². The molecule has 1 fully saturated rings. The minimum atomic E-state index is 0.0986. The third-order valence-corrected chi connectivity index (χ3v) is 5.35. The van der Waals surface area contributed by atoms with Gasteiger partial charge in [0.05, 0.1) is 25.9 Å². The molecule has 1 aromatic rings. The summed E-state index contributed by atoms with van der Waals surface area (Å²) in [4.78, 5) is 24.1. The van der Waals surface area contributed by atoms with Crippen LogP contribution in [0.25, 0.3) is 0 Å². The fourth-order valence-corrected chi connectivity index (χ4v) is 3.67. The quantitative estimate of drug-likeness (QED) is 0.457. The monoisotopic (exact) mass is 389 g/mol. The lowest BCUT2D eigenvalue weighted by molar-refractivity contribution is -0.126. The van der Waals surface area contributed by atoms with Crippen molar-refractivity contribution in [1.82, 2.24) is 5.32 Å². The first-order chi connectivity index (χ1) is 13.5. The Morgan fingerprint density at radius 3 is 2.32 bits per heavy atom. The van der Waals surface area contributed by atoms with Crippen LogP contribution in [-0.2, 0) is 14.3 Å². The van der Waals surface area contributed by atoms with E-state index in [-0.39, 0.29) is 23.7 Å². The molecule has 156 valence electrons. The highest BCUT2D eigenvalue weighted by atomic mass is 16.5. The summed E-state index contributed by atoms with van der Waals surface area (Å²) in [5, 5.41) is 2.99. The van der Waals surface area contributed by atoms with E-state index in [2.05, 4.69) is 17.4 Å². The third-order valence-electron chi connectivity index (χ3n) is 5.35. The number of carbonyl (C=O) groups excluding carboxylic acids is 2. The molecule has 28 heavy (non-hydrogen) atoms. The summed E-state index contributed by atoms with van der Waals surface area (Å²) in [5.41, 5.74) is 2.07. The maximum atomic E-state index is 12.3. The summed E-state index contributed by atoms with van der Waals surface area (Å²) >= 11 is 0. The number of ketones is 1. The van der Waals surface area contributed by atoms with E-state index in [0.29, 0.717) is 38.7 Å². The first-order valence-electron chi connectivity index (χ1n) is 10.6. The number of benzene rings is 1. The van der Waals surface area contributed by atoms with Gasteiger partial charge in [0.25, 0.3) is 0 Å². The van der Waals surface area contributed by atoms with E-state index in [1.165, 1.54) is 5.56 Å². The van der Waals surface area contributed by atoms with E-state index in [1.807, 2.05) is 32.9 Å². The fourth-order valence-electron chi connectivity index (χ4n) is 3.67. The smallest absolute Gasteiger partial charge is 0.223 e. The number of ether oxygens (including phenoxy) is 2. The van der Waals surface area contributed by atoms with E-state index in [4.69, 9.17) is 9.47 Å². The van der Waals surface area contributed by atoms with Gasteiger partial charge < -0.3 is 14.8 Å². The molecule has 1 aromatic carbocycles. The summed E-state index contributed by atoms with van der Waals surface area (Å²) < 4.78 is 10.9. The Morgan fingerprint density at radius 2 is 1.71 bits per heavy atom. The van der Waals surface area contributed by atoms with Gasteiger partial charge in [0, 0.05) is 24.4 Å². The van der Waals surface area contributed by atoms with Gasteiger partial charge in [0.2, 0.25) is 5.91 Å². The Balaban J connectivity index is 1.64. The van der Waals surface area contributed by atoms with Crippen LogP contribution >= 0.6 is 0 Å². The van der Waals surface area contributed by atoms with Gasteiger partial charge in [-0.25, -0.2) is 0 Å². The SMILES string of the molecule is CCC(=O)c1ccc(C2CCC(C(=O)NCCOCCOC(C)C)CC2)cc1. The van der Waals surface area contributed by atoms with Gasteiger partial charge in [-0.2, -0.15) is 0 Å². The van der Waals surface area contributed by atoms with Crippen molar-refractivity contribution in [3.05, 3.63) is 35.4 Å². The Kier molecular flexibility index (Phi) is 9.65. The summed E-state index contributed by atoms with van der Waals surface area (Å²) in [6.45, 7) is 8.09. The molecular formula is C23H35NO4. The molecule has 0 heterocycles. The molecule has 1 saturated carbocycles. The van der Waals surface area contributed by atoms with Crippen LogP contribution in [0, 0.1) is 5.92 Å². The van der Waals surface area contributed by atoms with E-state index in [9.17, 15) is 9.59 Å². The topological polar surface area (TPSA) is 64.6 Å². The molecule has 5 nitrogen and oxygen atoms in total. The van der Waals surface area contributed by atoms with Gasteiger partial charge in [0.1, 0.15) is 0 Å². The average molecular weight is 390 g/mol. The predicted octanol–water partition coefficient (Wildman–Crippen LogP) is 4.11. The zero-order chi connectivity index (χ0) is 20.4. The highest BCUT2D eigenvalue weighted by Gasteiger charge is 2.26. The molecule has 0 radical (unpaired) electrons. The maximum Gasteiger partial charge on any atom is 0.223 e. The van der Waals surface area contributed by atoms with Crippen LogP contribution in [0.1, 0.15) is 74.7 Å². The number of hydrogen-bond acceptors (Lipinski definition) is 4. The zero-order valence-corrected chi connectivity index (χ0v) is 17.5. The molecule has 0 bridgehead atoms. The number of amides is 1. The Morgan fingerprint density at radius 1 is 1.04 bits per heavy atom. The van der Waals surface area contributed by atoms with Crippen molar-refractivity contribution < 1.29 is 19.1 Å². The fraction of sp³-hybridized carbons (Fsp3) is 0.652. The van der Waals surface area contributed by atoms with Crippen molar-refractivity contribution in [3.63, 3.8) is 0 Å². The lowest BCUT2D eigenvalue weighted by Gasteiger charge is -2.28. The van der Waals surface area contributed by atoms with Gasteiger partial charge in [-0.1, -0.05) is 31.2 Å². The van der Waals surface area contributed by atoms with E-state index in [1.54, 1.807) is 0 Å². The normalized spacial score (nSPS) is 19.6. The molecule has 1 aliphatic rings. The van der Waals surface area contributed by atoms with Crippen LogP contribution in [0.3, 0.4) is 0 Å². The Bertz CT molecular complexity index is 604. The summed E-state index contributed by atoms with van der Waals surface area (Å²) in [5.74, 6) is 0.910. The molecule has 0 saturated heterocycles. The average Bonchev–Trinajstić information content (AvgIpc) is 2.72. The second-order valence-electron chi connectivity index (χ2n) is 7.77. The summed E-state index contributed by atoms with van der Waals surface area (Å²) in [7, 11) is 0. The number of carbonyl (C=O) groups is 2. The molecule has 0 unspecified atom stereocenters. The molecule has 1 aliphatic carbocycles. The molecule has 0 spiro atoms. The molecule has 0 atom stereocenters. The molecule has 5 heteroatoms. The molecule has 1 N–H and O–H groups in total. The van der Waals surface area contributed by atoms with E-state index in [0.717, 1.165) is 31.2 Å². The number of rotatable bonds is 11. The standard InChI is InChI=1S/C23H35NO4/c1-4-22(25)20-9-5-18(6-10-20)19-7-11-21(12-8-19)23(26)24-13-14-27-15-16-28-17(2)3/h5-6,9-10,17,19,21H,4,7-8,11-16H2,1-3H3,(H,24,26). The first-order valence-corrected chi connectivity index (χ1v) is 10.6. The largest absolute Gasteiger partial charge is 0.377 e. The second kappa shape index (κ2) is 12.0. The Labute approximate surface area is 169 Å². The minimum absolute atomic E-state index is 0.0986. The van der Waals surface area contributed by atoms with Crippen molar-refractivity contribution in [1.29, 1.82) is 0 Å². The van der Waals surface area contributed by atoms with Crippen molar-refractivity contribution >= 4 is 11.7 Å². The molecule has 2 rings (SSSR count). The van der Waals surface area contributed by atoms with Gasteiger partial charge in [0.15, 0.2) is 5.78 Å². The summed E-state index contributed by atoms with van der Waals surface area (Å²) in [6, 6.07) is 8.03. The molecule has 1 amide bonds. The van der Waals surface area contributed by atoms with Crippen molar-refractivity contribution in [3.8, 4) is 0 Å². The van der Waals surface area contributed by atoms with Crippen LogP contribution < -0.4 is 5.32 Å². The van der Waals surface area contributed by atoms with Crippen molar-refractivity contribution in [2.75, 3.05) is 26.4 Å². The van der Waals surface area contributed by atoms with Crippen molar-refractivity contribution in [2.45, 2.75) is 64.9 Å². The van der Waals surface area contributed by atoms with Gasteiger partial charge in [-0.15, -0.1) is 0 Å². The van der Waals surface area contributed by atoms with Gasteiger partial charge in [-0.05, 0) is 51.0 Å². The first kappa shape index (κ1) is 22.6. The number of nitrogens with one attached hydrogen (secondary N) is 1. The van der Waals surface area contributed by atoms with Crippen LogP contribution in [0.5, 0.6) is 0 Å². The molecule has 0 aliphatic heterocycles. The van der Waals surface area contributed by atoms with E-state index < -0.39 is 0 Å². The van der Waals surface area contributed by atoms with Crippen LogP contribution in [0.4, 0.5) is 0 Å². The lowest BCUT2D eigenvalue weighted by atomic mass is 9.78. The second-order valence-corrected chi connectivity index (χ2v) is 7.77. The molecule has 0 aromatic heterocycles. The minimum Gasteiger partial charge on any atom is -0.377 e. The third kappa shape index (κ3) is 7.36. The highest BCUT2D eigenvalue weighted by Crippen LogP contribution is 2.35. The van der Waals surface area contributed by atoms with Crippen LogP contribution in [0.2, 0.25) is 0 Å². The number of hydrogen-bond donors (Lipinski definition) is 1. The van der Waals surface area contributed by atoms with Gasteiger partial charge in [-0.3, -0.25) is 9.59 Å². The Hall–Kier alpha value is -1.72. The lowest BCUT2D eigenvalue weighted by Crippen LogP contribution is -2.35. The highest BCUT2D eigenvalue weighted by molar-refractivity contribution is 5.95. The van der Waals surface area contributed by atoms with Crippen LogP contribution in [-0.4, -0.2) is 44.2 Å². The zero-order valence-electron chi connectivity index (χ0n) is 17.5. The maximum absolute atomic E-state index is 12.3. The van der Waals surface area contributed by atoms with Crippen LogP contribution in [0.15, 0.2) is 24.3 Å². The van der Waals surface area contributed by atoms with Crippen molar-refractivity contribution in [2.24, 2.45) is 5.92 Å². The van der Waals surface area contributed by atoms with E-state index >= 15 is 0 Å². The predicted molar refractivity (Wildman–Crippen MR) is 111 cm³/mol. The summed E-state index contributed by atoms with van der Waals surface area (Å²) in [6.07, 6.45) is 4.61. The number of Topliss-reactive ketones (excluding diaryl/α,β-unsaturated/α-hetero) is 1.